The maximum atomic E-state index is 13.3. The van der Waals surface area contributed by atoms with E-state index in [9.17, 15) is 30.7 Å². The Kier molecular flexibility index (Phi) is 13.7. The molecule has 0 N–H and O–H groups in total. The molecule has 4 aliphatic rings. The predicted molar refractivity (Wildman–Crippen MR) is 210 cm³/mol. The van der Waals surface area contributed by atoms with E-state index < -0.39 is 35.4 Å². The topological polar surface area (TPSA) is 71.0 Å². The zero-order valence-electron chi connectivity index (χ0n) is 31.6. The van der Waals surface area contributed by atoms with Crippen molar-refractivity contribution in [1.82, 2.24) is 28.5 Å². The van der Waals surface area contributed by atoms with Crippen molar-refractivity contribution in [3.05, 3.63) is 70.8 Å². The first-order valence-electron chi connectivity index (χ1n) is 19.5. The number of benzene rings is 2. The Bertz CT molecular complexity index is 1880. The second-order valence-electron chi connectivity index (χ2n) is 14.9. The minimum Gasteiger partial charge on any atom is -0.344 e. The van der Waals surface area contributed by atoms with Crippen LogP contribution in [0.25, 0.3) is 0 Å². The van der Waals surface area contributed by atoms with Crippen molar-refractivity contribution in [2.24, 2.45) is 5.92 Å². The first-order chi connectivity index (χ1) is 27.5. The lowest BCUT2D eigenvalue weighted by Crippen LogP contribution is -2.47. The average Bonchev–Trinajstić information content (AvgIpc) is 4.03. The number of piperazine rings is 2. The van der Waals surface area contributed by atoms with Gasteiger partial charge in [0.15, 0.2) is 23.3 Å². The Morgan fingerprint density at radius 1 is 0.526 bits per heavy atom. The summed E-state index contributed by atoms with van der Waals surface area (Å²) in [5.74, 6) is -3.05. The molecule has 4 aliphatic heterocycles. The van der Waals surface area contributed by atoms with Crippen molar-refractivity contribution in [3.8, 4) is 0 Å². The van der Waals surface area contributed by atoms with E-state index in [1.807, 2.05) is 4.90 Å². The van der Waals surface area contributed by atoms with Gasteiger partial charge in [0.1, 0.15) is 0 Å². The summed E-state index contributed by atoms with van der Waals surface area (Å²) >= 11 is 2.76. The van der Waals surface area contributed by atoms with Crippen LogP contribution in [-0.4, -0.2) is 126 Å². The van der Waals surface area contributed by atoms with Gasteiger partial charge in [-0.3, -0.25) is 9.80 Å². The quantitative estimate of drug-likeness (QED) is 0.161. The molecule has 19 heteroatoms. The van der Waals surface area contributed by atoms with Crippen molar-refractivity contribution in [2.45, 2.75) is 44.7 Å². The van der Waals surface area contributed by atoms with Gasteiger partial charge in [-0.25, -0.2) is 17.6 Å². The van der Waals surface area contributed by atoms with Crippen LogP contribution < -0.4 is 19.6 Å². The summed E-state index contributed by atoms with van der Waals surface area (Å²) < 4.78 is 100. The number of piperidine rings is 1. The first-order valence-corrected chi connectivity index (χ1v) is 21.1. The van der Waals surface area contributed by atoms with Crippen LogP contribution in [0.3, 0.4) is 0 Å². The molecule has 310 valence electrons. The number of rotatable bonds is 10. The highest BCUT2D eigenvalue weighted by Crippen LogP contribution is 2.35. The van der Waals surface area contributed by atoms with Gasteiger partial charge < -0.3 is 19.6 Å². The van der Waals surface area contributed by atoms with E-state index in [1.165, 1.54) is 54.1 Å². The second kappa shape index (κ2) is 18.8. The lowest BCUT2D eigenvalue weighted by molar-refractivity contribution is -0.179. The van der Waals surface area contributed by atoms with Crippen molar-refractivity contribution in [3.63, 3.8) is 0 Å². The molecule has 57 heavy (non-hydrogen) atoms. The van der Waals surface area contributed by atoms with Crippen LogP contribution >= 0.6 is 23.1 Å². The van der Waals surface area contributed by atoms with Gasteiger partial charge in [-0.15, -0.1) is 0 Å². The van der Waals surface area contributed by atoms with Gasteiger partial charge in [-0.2, -0.15) is 31.9 Å². The monoisotopic (exact) mass is 840 g/mol. The highest BCUT2D eigenvalue weighted by molar-refractivity contribution is 7.10. The van der Waals surface area contributed by atoms with Crippen molar-refractivity contribution >= 4 is 45.2 Å². The van der Waals surface area contributed by atoms with Gasteiger partial charge in [0.05, 0.1) is 5.92 Å². The molecule has 8 rings (SSSR count). The lowest BCUT2D eigenvalue weighted by atomic mass is 9.96. The molecule has 4 aromatic rings. The van der Waals surface area contributed by atoms with Crippen molar-refractivity contribution < 1.29 is 30.7 Å². The molecule has 0 bridgehead atoms. The number of hydrogen-bond donors (Lipinski definition) is 0. The SMILES string of the molecule is Fc1ccc(CCN2CCN(c3nc(N4CCC(C(F)(F)F)CC4)ns3)CC2)cc1F.Fc1ccc(CCN2CCN(c3nc(N4CCCC4)ns3)CC2)cc1F. The lowest BCUT2D eigenvalue weighted by Gasteiger charge is -2.34. The third-order valence-corrected chi connectivity index (χ3v) is 12.7. The zero-order valence-corrected chi connectivity index (χ0v) is 33.3. The molecular weight excluding hydrogens is 794 g/mol. The van der Waals surface area contributed by atoms with Gasteiger partial charge >= 0.3 is 6.18 Å². The van der Waals surface area contributed by atoms with Crippen LogP contribution in [0.1, 0.15) is 36.8 Å². The smallest absolute Gasteiger partial charge is 0.344 e. The Hall–Kier alpha value is -3.81. The maximum Gasteiger partial charge on any atom is 0.391 e. The summed E-state index contributed by atoms with van der Waals surface area (Å²) in [4.78, 5) is 22.4. The van der Waals surface area contributed by atoms with E-state index >= 15 is 0 Å². The molecule has 0 spiro atoms. The molecule has 6 heterocycles. The molecular formula is C38H47F7N10S2. The summed E-state index contributed by atoms with van der Waals surface area (Å²) in [6, 6.07) is 8.17. The molecule has 4 fully saturated rings. The number of aromatic nitrogens is 4. The number of alkyl halides is 3. The van der Waals surface area contributed by atoms with Crippen LogP contribution in [0.2, 0.25) is 0 Å². The summed E-state index contributed by atoms with van der Waals surface area (Å²) in [6.45, 7) is 11.3. The number of halogens is 7. The molecule has 0 unspecified atom stereocenters. The van der Waals surface area contributed by atoms with Crippen LogP contribution in [0.5, 0.6) is 0 Å². The van der Waals surface area contributed by atoms with E-state index in [1.54, 1.807) is 12.1 Å². The van der Waals surface area contributed by atoms with Gasteiger partial charge in [0, 0.05) is 115 Å². The molecule has 4 saturated heterocycles. The Labute approximate surface area is 336 Å². The Morgan fingerprint density at radius 3 is 1.35 bits per heavy atom. The van der Waals surface area contributed by atoms with Gasteiger partial charge in [0.2, 0.25) is 22.2 Å². The molecule has 0 radical (unpaired) electrons. The van der Waals surface area contributed by atoms with Crippen LogP contribution in [-0.2, 0) is 12.8 Å². The van der Waals surface area contributed by atoms with E-state index in [0.717, 1.165) is 118 Å². The molecule has 2 aromatic heterocycles. The zero-order chi connectivity index (χ0) is 39.9. The fourth-order valence-corrected chi connectivity index (χ4v) is 9.02. The van der Waals surface area contributed by atoms with E-state index in [0.29, 0.717) is 25.5 Å². The van der Waals surface area contributed by atoms with E-state index in [-0.39, 0.29) is 12.8 Å². The Morgan fingerprint density at radius 2 is 0.947 bits per heavy atom. The summed E-state index contributed by atoms with van der Waals surface area (Å²) in [5.41, 5.74) is 1.61. The summed E-state index contributed by atoms with van der Waals surface area (Å²) in [6.07, 6.45) is -0.139. The van der Waals surface area contributed by atoms with Crippen LogP contribution in [0.15, 0.2) is 36.4 Å². The molecule has 0 aliphatic carbocycles. The fraction of sp³-hybridized carbons (Fsp3) is 0.579. The largest absolute Gasteiger partial charge is 0.391 e. The average molecular weight is 841 g/mol. The van der Waals surface area contributed by atoms with Gasteiger partial charge in [-0.1, -0.05) is 12.1 Å². The maximum absolute atomic E-state index is 13.3. The van der Waals surface area contributed by atoms with E-state index in [4.69, 9.17) is 4.98 Å². The third-order valence-electron chi connectivity index (χ3n) is 11.1. The molecule has 0 amide bonds. The Balaban J connectivity index is 0.000000177. The third kappa shape index (κ3) is 11.0. The molecule has 10 nitrogen and oxygen atoms in total. The number of anilines is 4. The van der Waals surface area contributed by atoms with E-state index in [2.05, 4.69) is 38.2 Å². The van der Waals surface area contributed by atoms with Crippen molar-refractivity contribution in [1.29, 1.82) is 0 Å². The normalized spacial score (nSPS) is 19.0. The molecule has 2 aromatic carbocycles. The van der Waals surface area contributed by atoms with Crippen LogP contribution in [0, 0.1) is 29.2 Å². The number of hydrogen-bond acceptors (Lipinski definition) is 12. The predicted octanol–water partition coefficient (Wildman–Crippen LogP) is 6.74. The minimum atomic E-state index is -4.13. The summed E-state index contributed by atoms with van der Waals surface area (Å²) in [5, 5.41) is 1.79. The standard InChI is InChI=1S/C20H24F5N5S.C18H23F2N5S/c21-16-2-1-14(13-17(16)22)3-6-28-9-11-30(12-10-28)19-26-18(27-31-19)29-7-4-15(5-8-29)20(23,24)25;19-15-4-3-14(13-16(15)20)5-8-23-9-11-25(12-10-23)18-21-17(22-26-18)24-6-1-2-7-24/h1-2,13,15H,3-12H2;3-4,13H,1-2,5-12H2. The van der Waals surface area contributed by atoms with Gasteiger partial charge in [0.25, 0.3) is 0 Å². The first kappa shape index (κ1) is 41.4. The van der Waals surface area contributed by atoms with Gasteiger partial charge in [-0.05, 0) is 73.9 Å². The fourth-order valence-electron chi connectivity index (χ4n) is 7.54. The highest BCUT2D eigenvalue weighted by atomic mass is 32.1. The number of nitrogens with zero attached hydrogens (tertiary/aromatic N) is 10. The molecule has 0 saturated carbocycles. The minimum absolute atomic E-state index is 0.0780. The summed E-state index contributed by atoms with van der Waals surface area (Å²) in [7, 11) is 0. The van der Waals surface area contributed by atoms with Crippen molar-refractivity contribution in [2.75, 3.05) is 111 Å². The second-order valence-corrected chi connectivity index (χ2v) is 16.4. The molecule has 0 atom stereocenters. The van der Waals surface area contributed by atoms with Crippen LogP contribution in [0.4, 0.5) is 52.9 Å². The highest BCUT2D eigenvalue weighted by Gasteiger charge is 2.41.